The molecule has 3 rings (SSSR count). The summed E-state index contributed by atoms with van der Waals surface area (Å²) in [5.74, 6) is -2.56. The molecule has 10 nitrogen and oxygen atoms in total. The number of carboxylic acids is 1. The number of benzene rings is 2. The van der Waals surface area contributed by atoms with Gasteiger partial charge in [-0.1, -0.05) is 42.2 Å². The van der Waals surface area contributed by atoms with Crippen LogP contribution in [-0.2, 0) is 22.2 Å². The maximum absolute atomic E-state index is 13.6. The van der Waals surface area contributed by atoms with Gasteiger partial charge in [0.2, 0.25) is 5.91 Å². The molecule has 0 spiro atoms. The molecule has 41 heavy (non-hydrogen) atoms. The summed E-state index contributed by atoms with van der Waals surface area (Å²) in [5, 5.41) is 18.5. The Morgan fingerprint density at radius 2 is 2.00 bits per heavy atom. The Kier molecular flexibility index (Phi) is 10.4. The number of imide groups is 1. The molecule has 2 aromatic carbocycles. The van der Waals surface area contributed by atoms with E-state index < -0.39 is 46.6 Å². The lowest BCUT2D eigenvalue weighted by Crippen LogP contribution is -2.48. The molecule has 14 heteroatoms. The van der Waals surface area contributed by atoms with Crippen LogP contribution in [-0.4, -0.2) is 53.4 Å². The lowest BCUT2D eigenvalue weighted by molar-refractivity contribution is -0.137. The molecule has 0 bridgehead atoms. The summed E-state index contributed by atoms with van der Waals surface area (Å²) in [7, 11) is 0. The largest absolute Gasteiger partial charge is 0.478 e. The molecular weight excluding hydrogens is 567 g/mol. The third kappa shape index (κ3) is 8.03. The average molecular weight is 598 g/mol. The van der Waals surface area contributed by atoms with Crippen molar-refractivity contribution in [2.24, 2.45) is 11.1 Å². The van der Waals surface area contributed by atoms with E-state index in [2.05, 4.69) is 15.8 Å². The van der Waals surface area contributed by atoms with Gasteiger partial charge in [0.05, 0.1) is 34.7 Å². The average Bonchev–Trinajstić information content (AvgIpc) is 3.06. The van der Waals surface area contributed by atoms with E-state index in [-0.39, 0.29) is 48.8 Å². The van der Waals surface area contributed by atoms with Crippen LogP contribution in [0, 0.1) is 5.92 Å². The number of rotatable bonds is 9. The molecule has 1 heterocycles. The Hall–Kier alpha value is -4.00. The number of nitrogens with zero attached hydrogens (tertiary/aromatic N) is 2. The lowest BCUT2D eigenvalue weighted by atomic mass is 9.96. The summed E-state index contributed by atoms with van der Waals surface area (Å²) in [6.07, 6.45) is -3.70. The van der Waals surface area contributed by atoms with Gasteiger partial charge in [0.1, 0.15) is 6.61 Å². The van der Waals surface area contributed by atoms with Gasteiger partial charge in [0, 0.05) is 12.2 Å². The van der Waals surface area contributed by atoms with E-state index in [0.29, 0.717) is 18.4 Å². The fourth-order valence-electron chi connectivity index (χ4n) is 4.40. The fraction of sp³-hybridized carbons (Fsp3) is 0.407. The highest BCUT2D eigenvalue weighted by molar-refractivity contribution is 6.31. The van der Waals surface area contributed by atoms with E-state index in [1.54, 1.807) is 6.92 Å². The number of aromatic carboxylic acids is 1. The van der Waals surface area contributed by atoms with Crippen LogP contribution in [0.5, 0.6) is 0 Å². The minimum absolute atomic E-state index is 0.00985. The van der Waals surface area contributed by atoms with Crippen LogP contribution in [0.4, 0.5) is 23.7 Å². The van der Waals surface area contributed by atoms with Crippen molar-refractivity contribution >= 4 is 41.0 Å². The van der Waals surface area contributed by atoms with Crippen LogP contribution in [0.2, 0.25) is 5.02 Å². The number of halogens is 4. The number of nitrogens with one attached hydrogen (secondary N) is 2. The van der Waals surface area contributed by atoms with Gasteiger partial charge in [0.15, 0.2) is 5.84 Å². The standard InChI is InChI=1S/C27H31ClF3N5O5/c1-3-5-22(16-7-8-18(25(38)39)21(32)12-16)34-26(40)36-14-23(35-41-4-2)33-13-17(24(36)37)10-15-6-9-20(28)19(11-15)27(29,30)31/h6-9,11-12,17,22H,3-5,10,13-14,32H2,1-2H3,(H,33,35)(H,34,40)(H,38,39)/t17-,22+/m0/s1. The molecule has 0 aromatic heterocycles. The molecule has 2 atom stereocenters. The molecule has 3 amide bonds. The van der Waals surface area contributed by atoms with Crippen molar-refractivity contribution in [3.05, 3.63) is 63.7 Å². The molecular formula is C27H31ClF3N5O5. The molecule has 2 aromatic rings. The number of anilines is 1. The molecule has 1 aliphatic rings. The summed E-state index contributed by atoms with van der Waals surface area (Å²) in [5.41, 5.74) is 5.58. The van der Waals surface area contributed by atoms with Gasteiger partial charge < -0.3 is 26.3 Å². The monoisotopic (exact) mass is 597 g/mol. The van der Waals surface area contributed by atoms with E-state index in [1.807, 2.05) is 6.92 Å². The predicted octanol–water partition coefficient (Wildman–Crippen LogP) is 4.83. The SMILES string of the molecule is CCC[C@@H](NC(=O)N1CC(=NOCC)NC[C@H](Cc2ccc(Cl)c(C(F)(F)F)c2)C1=O)c1ccc(C(=O)O)c(N)c1. The smallest absolute Gasteiger partial charge is 0.417 e. The highest BCUT2D eigenvalue weighted by atomic mass is 35.5. The minimum atomic E-state index is -4.68. The van der Waals surface area contributed by atoms with Gasteiger partial charge in [-0.15, -0.1) is 0 Å². The van der Waals surface area contributed by atoms with Crippen molar-refractivity contribution in [2.75, 3.05) is 25.4 Å². The van der Waals surface area contributed by atoms with Crippen LogP contribution < -0.4 is 16.4 Å². The number of alkyl halides is 3. The molecule has 1 saturated heterocycles. The van der Waals surface area contributed by atoms with E-state index in [1.165, 1.54) is 24.3 Å². The quantitative estimate of drug-likeness (QED) is 0.239. The van der Waals surface area contributed by atoms with Crippen molar-refractivity contribution in [2.45, 2.75) is 45.3 Å². The minimum Gasteiger partial charge on any atom is -0.478 e. The number of hydrogen-bond acceptors (Lipinski definition) is 6. The maximum Gasteiger partial charge on any atom is 0.417 e. The van der Waals surface area contributed by atoms with Crippen molar-refractivity contribution in [3.63, 3.8) is 0 Å². The number of oxime groups is 1. The number of carbonyl (C=O) groups is 3. The Labute approximate surface area is 239 Å². The van der Waals surface area contributed by atoms with Gasteiger partial charge in [-0.2, -0.15) is 13.2 Å². The molecule has 1 fully saturated rings. The number of carboxylic acid groups (broad SMARTS) is 1. The van der Waals surface area contributed by atoms with Gasteiger partial charge >= 0.3 is 18.2 Å². The number of nitrogens with two attached hydrogens (primary N) is 1. The second kappa shape index (κ2) is 13.6. The molecule has 222 valence electrons. The highest BCUT2D eigenvalue weighted by Gasteiger charge is 2.36. The number of urea groups is 1. The van der Waals surface area contributed by atoms with Crippen molar-refractivity contribution in [3.8, 4) is 0 Å². The predicted molar refractivity (Wildman–Crippen MR) is 146 cm³/mol. The van der Waals surface area contributed by atoms with Crippen molar-refractivity contribution < 1.29 is 37.5 Å². The van der Waals surface area contributed by atoms with Crippen LogP contribution in [0.1, 0.15) is 59.8 Å². The molecule has 5 N–H and O–H groups in total. The van der Waals surface area contributed by atoms with Gasteiger partial charge in [0.25, 0.3) is 0 Å². The summed E-state index contributed by atoms with van der Waals surface area (Å²) in [4.78, 5) is 44.5. The zero-order valence-corrected chi connectivity index (χ0v) is 23.2. The maximum atomic E-state index is 13.6. The van der Waals surface area contributed by atoms with Crippen LogP contribution in [0.25, 0.3) is 0 Å². The van der Waals surface area contributed by atoms with Crippen LogP contribution in [0.15, 0.2) is 41.6 Å². The first-order valence-corrected chi connectivity index (χ1v) is 13.3. The number of amides is 3. The van der Waals surface area contributed by atoms with Gasteiger partial charge in [-0.25, -0.2) is 9.59 Å². The summed E-state index contributed by atoms with van der Waals surface area (Å²) >= 11 is 5.74. The zero-order valence-electron chi connectivity index (χ0n) is 22.4. The first kappa shape index (κ1) is 31.5. The van der Waals surface area contributed by atoms with E-state index in [0.717, 1.165) is 17.0 Å². The normalized spacial score (nSPS) is 17.5. The molecule has 1 aliphatic heterocycles. The van der Waals surface area contributed by atoms with Gasteiger partial charge in [-0.05, 0) is 55.2 Å². The summed E-state index contributed by atoms with van der Waals surface area (Å²) in [6, 6.07) is 6.37. The molecule has 0 unspecified atom stereocenters. The Bertz CT molecular complexity index is 1320. The fourth-order valence-corrected chi connectivity index (χ4v) is 4.62. The van der Waals surface area contributed by atoms with Gasteiger partial charge in [-0.3, -0.25) is 9.69 Å². The molecule has 0 saturated carbocycles. The second-order valence-corrected chi connectivity index (χ2v) is 9.82. The lowest BCUT2D eigenvalue weighted by Gasteiger charge is -2.26. The number of nitrogen functional groups attached to an aromatic ring is 1. The highest BCUT2D eigenvalue weighted by Crippen LogP contribution is 2.35. The first-order chi connectivity index (χ1) is 19.3. The molecule has 0 aliphatic carbocycles. The summed E-state index contributed by atoms with van der Waals surface area (Å²) < 4.78 is 40.2. The summed E-state index contributed by atoms with van der Waals surface area (Å²) in [6.45, 7) is 3.54. The molecule has 0 radical (unpaired) electrons. The number of hydrogen-bond donors (Lipinski definition) is 4. The third-order valence-corrected chi connectivity index (χ3v) is 6.76. The first-order valence-electron chi connectivity index (χ1n) is 12.9. The van der Waals surface area contributed by atoms with Crippen LogP contribution in [0.3, 0.4) is 0 Å². The van der Waals surface area contributed by atoms with E-state index in [9.17, 15) is 32.7 Å². The van der Waals surface area contributed by atoms with Crippen LogP contribution >= 0.6 is 11.6 Å². The zero-order chi connectivity index (χ0) is 30.3. The van der Waals surface area contributed by atoms with Crippen molar-refractivity contribution in [1.82, 2.24) is 15.5 Å². The second-order valence-electron chi connectivity index (χ2n) is 9.42. The van der Waals surface area contributed by atoms with E-state index >= 15 is 0 Å². The van der Waals surface area contributed by atoms with E-state index in [4.69, 9.17) is 22.2 Å². The Balaban J connectivity index is 1.90. The number of carbonyl (C=O) groups excluding carboxylic acids is 2. The third-order valence-electron chi connectivity index (χ3n) is 6.43. The topological polar surface area (TPSA) is 146 Å². The number of amidine groups is 1. The Morgan fingerprint density at radius 3 is 2.61 bits per heavy atom. The van der Waals surface area contributed by atoms with Crippen molar-refractivity contribution in [1.29, 1.82) is 0 Å². The Morgan fingerprint density at radius 1 is 1.27 bits per heavy atom.